The van der Waals surface area contributed by atoms with Crippen LogP contribution in [-0.4, -0.2) is 133 Å². The van der Waals surface area contributed by atoms with Crippen LogP contribution in [0.5, 0.6) is 5.75 Å². The van der Waals surface area contributed by atoms with E-state index in [4.69, 9.17) is 9.88 Å². The molecule has 2 aromatic carbocycles. The van der Waals surface area contributed by atoms with Crippen LogP contribution in [0, 0.1) is 0 Å². The highest BCUT2D eigenvalue weighted by atomic mass is 79.9. The number of piperazine rings is 1. The number of carbonyl (C=O) groups is 3. The summed E-state index contributed by atoms with van der Waals surface area (Å²) in [4.78, 5) is 48.2. The van der Waals surface area contributed by atoms with Crippen LogP contribution >= 0.6 is 31.9 Å². The monoisotopic (exact) mass is 839 g/mol. The average Bonchev–Trinajstić information content (AvgIpc) is 3.27. The molecule has 1 atom stereocenters. The molecule has 0 spiro atoms. The first-order valence-electron chi connectivity index (χ1n) is 17.0. The Balaban J connectivity index is 1.07. The van der Waals surface area contributed by atoms with Gasteiger partial charge in [-0.25, -0.2) is 14.7 Å². The van der Waals surface area contributed by atoms with Gasteiger partial charge in [0.2, 0.25) is 0 Å². The standard InChI is InChI=1S/C33H43Br2N7O7S/c34-26-19-22(20-27(35)30(26)43)21-29(31(44)39-17-15-38(16-18-39)24-8-12-41(13-9-24)50(36,47)48)49-33(46)40-10-6-25(7-11-40)42-14-5-23-3-1-2-4-28(23)37-32(42)45/h1-4,19-20,24-25,29,43H,5-18,21H2,(H,37,45)(H2,36,47,48)/t29-/m1/s1. The first-order chi connectivity index (χ1) is 23.9. The lowest BCUT2D eigenvalue weighted by atomic mass is 10.0. The summed E-state index contributed by atoms with van der Waals surface area (Å²) in [6, 6.07) is 11.2. The topological polar surface area (TPSA) is 169 Å². The molecule has 0 radical (unpaired) electrons. The molecule has 4 aliphatic heterocycles. The second kappa shape index (κ2) is 15.7. The summed E-state index contributed by atoms with van der Waals surface area (Å²) in [5.74, 6) is -0.262. The lowest BCUT2D eigenvalue weighted by Crippen LogP contribution is -2.57. The number of carbonyl (C=O) groups excluding carboxylic acids is 3. The summed E-state index contributed by atoms with van der Waals surface area (Å²) >= 11 is 6.71. The number of urea groups is 1. The fourth-order valence-electron chi connectivity index (χ4n) is 7.40. The van der Waals surface area contributed by atoms with Gasteiger partial charge in [-0.3, -0.25) is 9.69 Å². The molecule has 0 bridgehead atoms. The van der Waals surface area contributed by atoms with Crippen LogP contribution in [0.3, 0.4) is 0 Å². The van der Waals surface area contributed by atoms with Crippen LogP contribution in [0.4, 0.5) is 15.3 Å². The first-order valence-corrected chi connectivity index (χ1v) is 20.0. The number of hydrogen-bond acceptors (Lipinski definition) is 8. The largest absolute Gasteiger partial charge is 0.506 e. The number of phenols is 1. The Kier molecular flexibility index (Phi) is 11.6. The molecule has 272 valence electrons. The molecule has 4 N–H and O–H groups in total. The van der Waals surface area contributed by atoms with E-state index < -0.39 is 22.4 Å². The second-order valence-electron chi connectivity index (χ2n) is 13.3. The SMILES string of the molecule is NS(=O)(=O)N1CCC(N2CCN(C(=O)[C@@H](Cc3cc(Br)c(O)c(Br)c3)OC(=O)N3CCC(N4CCc5ccccc5NC4=O)CC3)CC2)CC1. The molecule has 4 amide bonds. The summed E-state index contributed by atoms with van der Waals surface area (Å²) in [7, 11) is -3.70. The number of amides is 4. The number of aromatic hydroxyl groups is 1. The number of fused-ring (bicyclic) bond motifs is 1. The number of phenolic OH excluding ortho intramolecular Hbond substituents is 1. The molecule has 2 aromatic rings. The highest BCUT2D eigenvalue weighted by Crippen LogP contribution is 2.34. The van der Waals surface area contributed by atoms with Crippen LogP contribution in [0.2, 0.25) is 0 Å². The molecule has 0 aromatic heterocycles. The fraction of sp³-hybridized carbons (Fsp3) is 0.545. The van der Waals surface area contributed by atoms with E-state index in [0.29, 0.717) is 99.1 Å². The molecule has 3 saturated heterocycles. The maximum Gasteiger partial charge on any atom is 0.410 e. The van der Waals surface area contributed by atoms with E-state index in [1.54, 1.807) is 21.9 Å². The van der Waals surface area contributed by atoms with Crippen LogP contribution in [-0.2, 0) is 32.6 Å². The van der Waals surface area contributed by atoms with Gasteiger partial charge in [-0.15, -0.1) is 0 Å². The van der Waals surface area contributed by atoms with E-state index >= 15 is 0 Å². The van der Waals surface area contributed by atoms with Crippen molar-refractivity contribution in [3.05, 3.63) is 56.5 Å². The zero-order valence-electron chi connectivity index (χ0n) is 27.7. The van der Waals surface area contributed by atoms with Gasteiger partial charge in [-0.2, -0.15) is 12.7 Å². The van der Waals surface area contributed by atoms with Gasteiger partial charge in [0.25, 0.3) is 16.1 Å². The third kappa shape index (κ3) is 8.56. The number of nitrogens with two attached hydrogens (primary N) is 1. The number of para-hydroxylation sites is 1. The minimum absolute atomic E-state index is 0.0271. The van der Waals surface area contributed by atoms with Crippen molar-refractivity contribution in [3.8, 4) is 5.75 Å². The number of hydrogen-bond donors (Lipinski definition) is 3. The Morgan fingerprint density at radius 3 is 2.16 bits per heavy atom. The normalized spacial score (nSPS) is 20.9. The Labute approximate surface area is 309 Å². The van der Waals surface area contributed by atoms with Gasteiger partial charge in [0, 0.05) is 83.1 Å². The molecule has 50 heavy (non-hydrogen) atoms. The van der Waals surface area contributed by atoms with Crippen LogP contribution < -0.4 is 10.5 Å². The molecule has 4 aliphatic rings. The van der Waals surface area contributed by atoms with Crippen LogP contribution in [0.15, 0.2) is 45.3 Å². The molecular weight excluding hydrogens is 798 g/mol. The molecule has 3 fully saturated rings. The lowest BCUT2D eigenvalue weighted by Gasteiger charge is -2.42. The van der Waals surface area contributed by atoms with E-state index in [1.807, 2.05) is 29.2 Å². The molecule has 17 heteroatoms. The minimum atomic E-state index is -3.70. The van der Waals surface area contributed by atoms with Gasteiger partial charge < -0.3 is 29.9 Å². The summed E-state index contributed by atoms with van der Waals surface area (Å²) in [5.41, 5.74) is 2.62. The number of nitrogens with one attached hydrogen (secondary N) is 1. The third-order valence-corrected chi connectivity index (χ3v) is 12.5. The molecule has 14 nitrogen and oxygen atoms in total. The highest BCUT2D eigenvalue weighted by molar-refractivity contribution is 9.11. The summed E-state index contributed by atoms with van der Waals surface area (Å²) in [5, 5.41) is 18.6. The van der Waals surface area contributed by atoms with Crippen molar-refractivity contribution in [1.29, 1.82) is 0 Å². The van der Waals surface area contributed by atoms with Gasteiger partial charge in [0.15, 0.2) is 6.10 Å². The molecule has 6 rings (SSSR count). The zero-order chi connectivity index (χ0) is 35.6. The second-order valence-corrected chi connectivity index (χ2v) is 16.5. The number of piperidine rings is 2. The number of halogens is 2. The summed E-state index contributed by atoms with van der Waals surface area (Å²) < 4.78 is 31.6. The van der Waals surface area contributed by atoms with Gasteiger partial charge >= 0.3 is 12.1 Å². The van der Waals surface area contributed by atoms with Gasteiger partial charge in [0.05, 0.1) is 8.95 Å². The predicted molar refractivity (Wildman–Crippen MR) is 194 cm³/mol. The number of benzene rings is 2. The molecule has 0 aliphatic carbocycles. The van der Waals surface area contributed by atoms with Crippen molar-refractivity contribution in [2.75, 3.05) is 64.2 Å². The number of anilines is 1. The number of rotatable bonds is 7. The van der Waals surface area contributed by atoms with E-state index in [0.717, 1.165) is 17.7 Å². The van der Waals surface area contributed by atoms with Crippen molar-refractivity contribution in [3.63, 3.8) is 0 Å². The van der Waals surface area contributed by atoms with Crippen LogP contribution in [0.25, 0.3) is 0 Å². The highest BCUT2D eigenvalue weighted by Gasteiger charge is 2.37. The lowest BCUT2D eigenvalue weighted by molar-refractivity contribution is -0.143. The summed E-state index contributed by atoms with van der Waals surface area (Å²) in [6.45, 7) is 4.23. The zero-order valence-corrected chi connectivity index (χ0v) is 31.7. The Hall–Kier alpha value is -2.96. The van der Waals surface area contributed by atoms with E-state index in [-0.39, 0.29) is 36.2 Å². The molecular formula is C33H43Br2N7O7S. The first kappa shape index (κ1) is 36.8. The maximum absolute atomic E-state index is 14.0. The predicted octanol–water partition coefficient (Wildman–Crippen LogP) is 3.33. The maximum atomic E-state index is 14.0. The quantitative estimate of drug-likeness (QED) is 0.382. The van der Waals surface area contributed by atoms with Crippen molar-refractivity contribution in [2.24, 2.45) is 5.14 Å². The smallest absolute Gasteiger partial charge is 0.410 e. The minimum Gasteiger partial charge on any atom is -0.506 e. The molecule has 4 heterocycles. The van der Waals surface area contributed by atoms with E-state index in [9.17, 15) is 27.9 Å². The Bertz CT molecular complexity index is 1670. The Morgan fingerprint density at radius 2 is 1.52 bits per heavy atom. The molecule has 0 unspecified atom stereocenters. The van der Waals surface area contributed by atoms with Crippen molar-refractivity contribution >= 4 is 65.8 Å². The van der Waals surface area contributed by atoms with Crippen LogP contribution in [0.1, 0.15) is 36.8 Å². The number of ether oxygens (including phenoxy) is 1. The third-order valence-electron chi connectivity index (χ3n) is 10.2. The fourth-order valence-corrected chi connectivity index (χ4v) is 9.40. The van der Waals surface area contributed by atoms with Crippen molar-refractivity contribution in [1.82, 2.24) is 23.9 Å². The van der Waals surface area contributed by atoms with E-state index in [2.05, 4.69) is 42.1 Å². The summed E-state index contributed by atoms with van der Waals surface area (Å²) in [6.07, 6.45) is 1.70. The molecule has 0 saturated carbocycles. The van der Waals surface area contributed by atoms with Gasteiger partial charge in [-0.1, -0.05) is 18.2 Å². The van der Waals surface area contributed by atoms with Crippen molar-refractivity contribution < 1.29 is 32.6 Å². The van der Waals surface area contributed by atoms with Gasteiger partial charge in [-0.05, 0) is 93.3 Å². The van der Waals surface area contributed by atoms with Crippen molar-refractivity contribution in [2.45, 2.75) is 56.7 Å². The van der Waals surface area contributed by atoms with E-state index in [1.165, 1.54) is 4.31 Å². The average molecular weight is 842 g/mol. The Morgan fingerprint density at radius 1 is 0.900 bits per heavy atom. The number of nitrogens with zero attached hydrogens (tertiary/aromatic N) is 5. The number of likely N-dealkylation sites (tertiary alicyclic amines) is 1. The van der Waals surface area contributed by atoms with Gasteiger partial charge in [0.1, 0.15) is 5.75 Å².